The Hall–Kier alpha value is -3.25. The van der Waals surface area contributed by atoms with Gasteiger partial charge in [0.2, 0.25) is 0 Å². The van der Waals surface area contributed by atoms with Crippen molar-refractivity contribution in [3.63, 3.8) is 0 Å². The Balaban J connectivity index is 1.55. The molecule has 0 aliphatic carbocycles. The number of ether oxygens (including phenoxy) is 1. The van der Waals surface area contributed by atoms with Crippen molar-refractivity contribution in [2.24, 2.45) is 0 Å². The molecule has 32 heavy (non-hydrogen) atoms. The number of fused-ring (bicyclic) bond motifs is 2. The predicted molar refractivity (Wildman–Crippen MR) is 127 cm³/mol. The number of hydrogen-bond acceptors (Lipinski definition) is 4. The number of anilines is 1. The first-order valence-electron chi connectivity index (χ1n) is 10.6. The summed E-state index contributed by atoms with van der Waals surface area (Å²) in [4.78, 5) is 30.1. The maximum atomic E-state index is 14.0. The van der Waals surface area contributed by atoms with Crippen molar-refractivity contribution in [3.05, 3.63) is 95.1 Å². The molecule has 0 radical (unpaired) electrons. The number of rotatable bonds is 4. The molecule has 0 saturated carbocycles. The number of carbonyl (C=O) groups excluding carboxylic acids is 2. The van der Waals surface area contributed by atoms with Crippen LogP contribution in [-0.2, 0) is 16.2 Å². The number of carbonyl (C=O) groups is 2. The van der Waals surface area contributed by atoms with Gasteiger partial charge in [0, 0.05) is 23.4 Å². The van der Waals surface area contributed by atoms with E-state index < -0.39 is 4.87 Å². The van der Waals surface area contributed by atoms with Crippen molar-refractivity contribution in [2.75, 3.05) is 24.3 Å². The van der Waals surface area contributed by atoms with Crippen LogP contribution < -0.4 is 9.64 Å². The van der Waals surface area contributed by atoms with Gasteiger partial charge in [0.1, 0.15) is 5.75 Å². The fourth-order valence-corrected chi connectivity index (χ4v) is 5.99. The second-order valence-corrected chi connectivity index (χ2v) is 9.36. The summed E-state index contributed by atoms with van der Waals surface area (Å²) in [6.45, 7) is 2.95. The van der Waals surface area contributed by atoms with E-state index in [1.54, 1.807) is 28.7 Å². The average Bonchev–Trinajstić information content (AvgIpc) is 3.36. The molecule has 2 aliphatic rings. The molecule has 2 aliphatic heterocycles. The van der Waals surface area contributed by atoms with E-state index in [1.807, 2.05) is 79.7 Å². The first kappa shape index (κ1) is 20.6. The van der Waals surface area contributed by atoms with Crippen LogP contribution in [0.4, 0.5) is 5.69 Å². The SMILES string of the molecule is COc1cccc(CN2C(=O)[C@@]3(SCCN3C(=O)c3ccc(C)cc3)c3ccccc32)c1. The first-order chi connectivity index (χ1) is 15.5. The Bertz CT molecular complexity index is 1190. The van der Waals surface area contributed by atoms with Gasteiger partial charge in [-0.05, 0) is 42.8 Å². The van der Waals surface area contributed by atoms with Gasteiger partial charge in [-0.2, -0.15) is 0 Å². The molecular weight excluding hydrogens is 420 g/mol. The smallest absolute Gasteiger partial charge is 0.268 e. The van der Waals surface area contributed by atoms with E-state index in [0.29, 0.717) is 24.4 Å². The van der Waals surface area contributed by atoms with Crippen LogP contribution in [0.3, 0.4) is 0 Å². The van der Waals surface area contributed by atoms with E-state index in [-0.39, 0.29) is 11.8 Å². The number of nitrogens with zero attached hydrogens (tertiary/aromatic N) is 2. The molecule has 0 N–H and O–H groups in total. The maximum Gasteiger partial charge on any atom is 0.268 e. The van der Waals surface area contributed by atoms with Crippen molar-refractivity contribution in [3.8, 4) is 5.75 Å². The second-order valence-electron chi connectivity index (χ2n) is 8.08. The summed E-state index contributed by atoms with van der Waals surface area (Å²) in [5.41, 5.74) is 4.42. The largest absolute Gasteiger partial charge is 0.497 e. The van der Waals surface area contributed by atoms with Crippen molar-refractivity contribution < 1.29 is 14.3 Å². The number of amides is 2. The molecule has 1 saturated heterocycles. The second kappa shape index (κ2) is 8.02. The molecule has 5 rings (SSSR count). The summed E-state index contributed by atoms with van der Waals surface area (Å²) < 4.78 is 5.35. The Labute approximate surface area is 192 Å². The number of thioether (sulfide) groups is 1. The summed E-state index contributed by atoms with van der Waals surface area (Å²) >= 11 is 1.55. The minimum Gasteiger partial charge on any atom is -0.497 e. The monoisotopic (exact) mass is 444 g/mol. The van der Waals surface area contributed by atoms with Crippen LogP contribution in [0.2, 0.25) is 0 Å². The number of methoxy groups -OCH3 is 1. The lowest BCUT2D eigenvalue weighted by Gasteiger charge is -2.33. The summed E-state index contributed by atoms with van der Waals surface area (Å²) in [5.74, 6) is 1.29. The molecule has 1 fully saturated rings. The molecule has 2 heterocycles. The van der Waals surface area contributed by atoms with Crippen LogP contribution in [0, 0.1) is 6.92 Å². The molecule has 3 aromatic rings. The van der Waals surface area contributed by atoms with E-state index in [0.717, 1.165) is 28.1 Å². The van der Waals surface area contributed by atoms with Gasteiger partial charge >= 0.3 is 0 Å². The van der Waals surface area contributed by atoms with Gasteiger partial charge in [-0.25, -0.2) is 0 Å². The van der Waals surface area contributed by atoms with Gasteiger partial charge in [0.15, 0.2) is 4.87 Å². The highest BCUT2D eigenvalue weighted by Gasteiger charge is 2.59. The van der Waals surface area contributed by atoms with Gasteiger partial charge in [-0.3, -0.25) is 9.59 Å². The first-order valence-corrected chi connectivity index (χ1v) is 11.6. The average molecular weight is 445 g/mol. The topological polar surface area (TPSA) is 49.9 Å². The van der Waals surface area contributed by atoms with Crippen molar-refractivity contribution in [1.29, 1.82) is 0 Å². The third kappa shape index (κ3) is 3.17. The summed E-state index contributed by atoms with van der Waals surface area (Å²) in [6, 6.07) is 23.1. The molecule has 1 spiro atoms. The zero-order valence-electron chi connectivity index (χ0n) is 18.1. The lowest BCUT2D eigenvalue weighted by atomic mass is 10.0. The van der Waals surface area contributed by atoms with Crippen LogP contribution in [0.1, 0.15) is 27.0 Å². The third-order valence-corrected chi connectivity index (χ3v) is 7.54. The van der Waals surface area contributed by atoms with Gasteiger partial charge < -0.3 is 14.5 Å². The zero-order chi connectivity index (χ0) is 22.3. The minimum absolute atomic E-state index is 0.0653. The van der Waals surface area contributed by atoms with E-state index in [2.05, 4.69) is 0 Å². The molecule has 162 valence electrons. The van der Waals surface area contributed by atoms with Crippen molar-refractivity contribution >= 4 is 29.3 Å². The molecule has 1 atom stereocenters. The Kier molecular flexibility index (Phi) is 5.18. The number of aryl methyl sites for hydroxylation is 1. The van der Waals surface area contributed by atoms with Crippen LogP contribution in [0.25, 0.3) is 0 Å². The summed E-state index contributed by atoms with van der Waals surface area (Å²) in [6.07, 6.45) is 0. The van der Waals surface area contributed by atoms with E-state index >= 15 is 0 Å². The van der Waals surface area contributed by atoms with Gasteiger partial charge in [-0.1, -0.05) is 48.0 Å². The van der Waals surface area contributed by atoms with E-state index in [4.69, 9.17) is 4.74 Å². The zero-order valence-corrected chi connectivity index (χ0v) is 18.9. The van der Waals surface area contributed by atoms with E-state index in [9.17, 15) is 9.59 Å². The third-order valence-electron chi connectivity index (χ3n) is 6.12. The highest BCUT2D eigenvalue weighted by Crippen LogP contribution is 2.54. The minimum atomic E-state index is -1.03. The van der Waals surface area contributed by atoms with Gasteiger partial charge in [-0.15, -0.1) is 11.8 Å². The van der Waals surface area contributed by atoms with Gasteiger partial charge in [0.05, 0.1) is 19.3 Å². The number of benzene rings is 3. The molecule has 6 heteroatoms. The Morgan fingerprint density at radius 1 is 1.06 bits per heavy atom. The lowest BCUT2D eigenvalue weighted by Crippen LogP contribution is -2.50. The van der Waals surface area contributed by atoms with Crippen molar-refractivity contribution in [1.82, 2.24) is 4.90 Å². The number of hydrogen-bond donors (Lipinski definition) is 0. The van der Waals surface area contributed by atoms with Gasteiger partial charge in [0.25, 0.3) is 11.8 Å². The maximum absolute atomic E-state index is 14.0. The molecular formula is C26H24N2O3S. The molecule has 0 bridgehead atoms. The highest BCUT2D eigenvalue weighted by atomic mass is 32.2. The molecule has 2 amide bonds. The lowest BCUT2D eigenvalue weighted by molar-refractivity contribution is -0.123. The fraction of sp³-hybridized carbons (Fsp3) is 0.231. The summed E-state index contributed by atoms with van der Waals surface area (Å²) in [5, 5.41) is 0. The van der Waals surface area contributed by atoms with Crippen LogP contribution in [0.5, 0.6) is 5.75 Å². The van der Waals surface area contributed by atoms with Crippen LogP contribution in [0.15, 0.2) is 72.8 Å². The Morgan fingerprint density at radius 2 is 1.84 bits per heavy atom. The molecule has 5 nitrogen and oxygen atoms in total. The quantitative estimate of drug-likeness (QED) is 0.591. The van der Waals surface area contributed by atoms with Crippen LogP contribution in [-0.4, -0.2) is 36.1 Å². The predicted octanol–water partition coefficient (Wildman–Crippen LogP) is 4.59. The normalized spacial score (nSPS) is 19.5. The van der Waals surface area contributed by atoms with Crippen molar-refractivity contribution in [2.45, 2.75) is 18.3 Å². The number of para-hydroxylation sites is 1. The van der Waals surface area contributed by atoms with Crippen LogP contribution >= 0.6 is 11.8 Å². The molecule has 0 unspecified atom stereocenters. The standard InChI is InChI=1S/C26H24N2O3S/c1-18-10-12-20(13-11-18)24(29)28-14-15-32-26(28)22-8-3-4-9-23(22)27(25(26)30)17-19-6-5-7-21(16-19)31-2/h3-13,16H,14-15,17H2,1-2H3/t26-/m0/s1. The fourth-order valence-electron chi connectivity index (χ4n) is 4.53. The van der Waals surface area contributed by atoms with E-state index in [1.165, 1.54) is 0 Å². The molecule has 0 aromatic heterocycles. The summed E-state index contributed by atoms with van der Waals surface area (Å²) in [7, 11) is 1.63. The Morgan fingerprint density at radius 3 is 2.62 bits per heavy atom. The highest BCUT2D eigenvalue weighted by molar-refractivity contribution is 8.01. The molecule has 3 aromatic carbocycles.